The van der Waals surface area contributed by atoms with Crippen LogP contribution in [-0.2, 0) is 24.4 Å². The van der Waals surface area contributed by atoms with Crippen molar-refractivity contribution >= 4 is 33.9 Å². The van der Waals surface area contributed by atoms with Crippen LogP contribution in [0.25, 0.3) is 22.7 Å². The molecule has 0 saturated carbocycles. The molecule has 25 heavy (non-hydrogen) atoms. The van der Waals surface area contributed by atoms with E-state index < -0.39 is 22.9 Å². The van der Waals surface area contributed by atoms with E-state index in [1.807, 2.05) is 0 Å². The summed E-state index contributed by atoms with van der Waals surface area (Å²) in [6.45, 7) is 1.72. The van der Waals surface area contributed by atoms with E-state index in [-0.39, 0.29) is 28.0 Å². The van der Waals surface area contributed by atoms with E-state index >= 15 is 0 Å². The minimum Gasteiger partial charge on any atom is -0.611 e. The van der Waals surface area contributed by atoms with Crippen molar-refractivity contribution in [1.29, 1.82) is 0 Å². The zero-order valence-corrected chi connectivity index (χ0v) is 14.6. The van der Waals surface area contributed by atoms with Gasteiger partial charge in [-0.1, -0.05) is 0 Å². The molecule has 0 bridgehead atoms. The molecule has 0 radical (unpaired) electrons. The second-order valence-electron chi connectivity index (χ2n) is 5.04. The number of alkyl halides is 3. The summed E-state index contributed by atoms with van der Waals surface area (Å²) in [6.07, 6.45) is -2.45. The lowest BCUT2D eigenvalue weighted by Gasteiger charge is -2.11. The van der Waals surface area contributed by atoms with Crippen LogP contribution in [0.15, 0.2) is 23.4 Å². The Kier molecular flexibility index (Phi) is 4.60. The molecule has 0 amide bonds. The van der Waals surface area contributed by atoms with Gasteiger partial charge >= 0.3 is 6.18 Å². The molecule has 11 heteroatoms. The van der Waals surface area contributed by atoms with Crippen molar-refractivity contribution in [3.63, 3.8) is 0 Å². The Labute approximate surface area is 148 Å². The van der Waals surface area contributed by atoms with Crippen LogP contribution in [-0.4, -0.2) is 34.8 Å². The Morgan fingerprint density at radius 3 is 2.60 bits per heavy atom. The predicted octanol–water partition coefficient (Wildman–Crippen LogP) is 3.23. The summed E-state index contributed by atoms with van der Waals surface area (Å²) in [6, 6.07) is 0.908. The largest absolute Gasteiger partial charge is 0.611 e. The Bertz CT molecular complexity index is 946. The summed E-state index contributed by atoms with van der Waals surface area (Å²) in [7, 11) is 1.58. The second kappa shape index (κ2) is 6.43. The molecule has 3 aromatic heterocycles. The second-order valence-corrected chi connectivity index (χ2v) is 7.09. The minimum atomic E-state index is -4.52. The van der Waals surface area contributed by atoms with Gasteiger partial charge in [0.25, 0.3) is 0 Å². The Morgan fingerprint density at radius 1 is 1.24 bits per heavy atom. The minimum absolute atomic E-state index is 0.0512. The van der Waals surface area contributed by atoms with E-state index in [2.05, 4.69) is 19.9 Å². The molecule has 1 atom stereocenters. The van der Waals surface area contributed by atoms with Crippen LogP contribution in [0.3, 0.4) is 0 Å². The van der Waals surface area contributed by atoms with Crippen LogP contribution in [0.1, 0.15) is 12.5 Å². The van der Waals surface area contributed by atoms with Crippen molar-refractivity contribution in [2.24, 2.45) is 7.05 Å². The number of aryl methyl sites for hydroxylation is 1. The molecule has 0 spiro atoms. The molecule has 0 aliphatic carbocycles. The highest BCUT2D eigenvalue weighted by Gasteiger charge is 2.32. The van der Waals surface area contributed by atoms with Crippen molar-refractivity contribution in [3.8, 4) is 11.5 Å². The van der Waals surface area contributed by atoms with Crippen molar-refractivity contribution in [1.82, 2.24) is 24.5 Å². The quantitative estimate of drug-likeness (QED) is 0.507. The van der Waals surface area contributed by atoms with Gasteiger partial charge in [-0.15, -0.1) is 0 Å². The van der Waals surface area contributed by atoms with Crippen molar-refractivity contribution in [2.75, 3.05) is 5.75 Å². The van der Waals surface area contributed by atoms with Gasteiger partial charge < -0.3 is 9.12 Å². The fraction of sp³-hybridized carbons (Fsp3) is 0.286. The summed E-state index contributed by atoms with van der Waals surface area (Å²) in [5, 5.41) is -0.0807. The first-order valence-corrected chi connectivity index (χ1v) is 8.73. The van der Waals surface area contributed by atoms with Crippen molar-refractivity contribution in [2.45, 2.75) is 18.0 Å². The zero-order chi connectivity index (χ0) is 18.4. The summed E-state index contributed by atoms with van der Waals surface area (Å²) in [5.74, 6) is 0.529. The van der Waals surface area contributed by atoms with Crippen LogP contribution in [0.5, 0.6) is 0 Å². The molecular weight excluding hydrogens is 379 g/mol. The highest BCUT2D eigenvalue weighted by molar-refractivity contribution is 7.91. The van der Waals surface area contributed by atoms with Crippen LogP contribution >= 0.6 is 11.6 Å². The Balaban J connectivity index is 2.23. The number of halogens is 4. The number of fused-ring (bicyclic) bond motifs is 1. The van der Waals surface area contributed by atoms with Crippen molar-refractivity contribution < 1.29 is 17.7 Å². The number of rotatable bonds is 3. The van der Waals surface area contributed by atoms with E-state index in [4.69, 9.17) is 11.6 Å². The molecule has 3 aromatic rings. The molecule has 1 unspecified atom stereocenters. The summed E-state index contributed by atoms with van der Waals surface area (Å²) in [4.78, 5) is 16.2. The fourth-order valence-electron chi connectivity index (χ4n) is 2.27. The monoisotopic (exact) mass is 389 g/mol. The van der Waals surface area contributed by atoms with E-state index in [1.54, 1.807) is 14.0 Å². The summed E-state index contributed by atoms with van der Waals surface area (Å²) in [5.41, 5.74) is -0.404. The van der Waals surface area contributed by atoms with E-state index in [9.17, 15) is 17.7 Å². The first-order valence-electron chi connectivity index (χ1n) is 7.03. The Hall–Kier alpha value is -1.91. The number of nitrogens with zero attached hydrogens (tertiary/aromatic N) is 5. The van der Waals surface area contributed by atoms with Gasteiger partial charge in [-0.2, -0.15) is 13.2 Å². The van der Waals surface area contributed by atoms with Gasteiger partial charge in [0, 0.05) is 13.2 Å². The topological polar surface area (TPSA) is 79.6 Å². The van der Waals surface area contributed by atoms with Crippen LogP contribution in [0, 0.1) is 0 Å². The molecule has 6 nitrogen and oxygen atoms in total. The van der Waals surface area contributed by atoms with Crippen LogP contribution < -0.4 is 0 Å². The number of hydrogen-bond donors (Lipinski definition) is 0. The highest BCUT2D eigenvalue weighted by atomic mass is 35.5. The van der Waals surface area contributed by atoms with E-state index in [0.29, 0.717) is 10.6 Å². The molecule has 3 heterocycles. The molecule has 0 aliphatic heterocycles. The predicted molar refractivity (Wildman–Crippen MR) is 86.5 cm³/mol. The number of aromatic nitrogens is 5. The molecule has 0 fully saturated rings. The van der Waals surface area contributed by atoms with Gasteiger partial charge in [0.1, 0.15) is 11.3 Å². The summed E-state index contributed by atoms with van der Waals surface area (Å²) < 4.78 is 52.3. The standard InChI is InChI=1S/C14H11ClF3N5OS/c1-3-25(24)9-6-20-13(15)22-10(9)12-21-8-4-7(14(16,17)18)5-19-11(8)23(12)2/h4-6H,3H2,1-2H3. The lowest BCUT2D eigenvalue weighted by atomic mass is 10.2. The number of pyridine rings is 1. The SMILES string of the molecule is CC[S+]([O-])c1cnc(Cl)nc1-c1nc2cc(C(F)(F)F)cnc2n1C. The maximum atomic E-state index is 12.9. The molecule has 0 aromatic carbocycles. The van der Waals surface area contributed by atoms with Gasteiger partial charge in [0.05, 0.1) is 11.8 Å². The molecule has 3 rings (SSSR count). The third kappa shape index (κ3) is 3.29. The van der Waals surface area contributed by atoms with E-state index in [0.717, 1.165) is 12.3 Å². The van der Waals surface area contributed by atoms with Crippen LogP contribution in [0.2, 0.25) is 5.28 Å². The van der Waals surface area contributed by atoms with E-state index in [1.165, 1.54) is 10.8 Å². The highest BCUT2D eigenvalue weighted by Crippen LogP contribution is 2.32. The molecule has 132 valence electrons. The lowest BCUT2D eigenvalue weighted by Crippen LogP contribution is -2.09. The van der Waals surface area contributed by atoms with Crippen LogP contribution in [0.4, 0.5) is 13.2 Å². The molecule has 0 N–H and O–H groups in total. The maximum Gasteiger partial charge on any atom is 0.417 e. The van der Waals surface area contributed by atoms with Gasteiger partial charge in [0.15, 0.2) is 17.2 Å². The number of hydrogen-bond acceptors (Lipinski definition) is 5. The number of imidazole rings is 1. The van der Waals surface area contributed by atoms with Crippen molar-refractivity contribution in [3.05, 3.63) is 29.3 Å². The molecular formula is C14H11ClF3N5OS. The smallest absolute Gasteiger partial charge is 0.417 e. The third-order valence-electron chi connectivity index (χ3n) is 3.48. The summed E-state index contributed by atoms with van der Waals surface area (Å²) >= 11 is 4.43. The average Bonchev–Trinajstić information content (AvgIpc) is 2.89. The first kappa shape index (κ1) is 17.9. The first-order chi connectivity index (χ1) is 11.7. The van der Waals surface area contributed by atoms with Gasteiger partial charge in [0.2, 0.25) is 10.2 Å². The average molecular weight is 390 g/mol. The lowest BCUT2D eigenvalue weighted by molar-refractivity contribution is -0.137. The van der Waals surface area contributed by atoms with Gasteiger partial charge in [-0.3, -0.25) is 0 Å². The fourth-order valence-corrected chi connectivity index (χ4v) is 3.24. The Morgan fingerprint density at radius 2 is 1.96 bits per heavy atom. The molecule has 0 saturated heterocycles. The van der Waals surface area contributed by atoms with Gasteiger partial charge in [-0.25, -0.2) is 19.9 Å². The van der Waals surface area contributed by atoms with Gasteiger partial charge in [-0.05, 0) is 35.8 Å². The third-order valence-corrected chi connectivity index (χ3v) is 4.98. The molecule has 0 aliphatic rings. The normalized spacial score (nSPS) is 13.4. The zero-order valence-electron chi connectivity index (χ0n) is 13.0. The maximum absolute atomic E-state index is 12.9.